The van der Waals surface area contributed by atoms with E-state index in [1.54, 1.807) is 41.3 Å². The molecule has 0 aromatic heterocycles. The highest BCUT2D eigenvalue weighted by Gasteiger charge is 2.30. The Kier molecular flexibility index (Phi) is 6.72. The van der Waals surface area contributed by atoms with E-state index in [9.17, 15) is 14.4 Å². The predicted molar refractivity (Wildman–Crippen MR) is 112 cm³/mol. The van der Waals surface area contributed by atoms with Gasteiger partial charge in [0.05, 0.1) is 0 Å². The number of carboxylic acid groups (broad SMARTS) is 1. The van der Waals surface area contributed by atoms with Gasteiger partial charge < -0.3 is 20.1 Å². The van der Waals surface area contributed by atoms with E-state index in [1.807, 2.05) is 26.1 Å². The molecule has 3 rings (SSSR count). The lowest BCUT2D eigenvalue weighted by atomic mass is 10.0. The second-order valence-electron chi connectivity index (χ2n) is 7.47. The van der Waals surface area contributed by atoms with Gasteiger partial charge in [-0.25, -0.2) is 4.79 Å². The van der Waals surface area contributed by atoms with Crippen molar-refractivity contribution < 1.29 is 24.2 Å². The van der Waals surface area contributed by atoms with E-state index in [1.165, 1.54) is 0 Å². The minimum Gasteiger partial charge on any atom is -0.449 e. The molecular formula is C23H26N2O5. The van der Waals surface area contributed by atoms with Crippen molar-refractivity contribution in [2.75, 3.05) is 7.05 Å². The Balaban J connectivity index is 1.62. The molecule has 0 unspecified atom stereocenters. The van der Waals surface area contributed by atoms with Gasteiger partial charge in [0.25, 0.3) is 5.91 Å². The number of hydrogen-bond donors (Lipinski definition) is 2. The van der Waals surface area contributed by atoms with Crippen LogP contribution in [0.4, 0.5) is 4.79 Å². The van der Waals surface area contributed by atoms with Gasteiger partial charge >= 0.3 is 6.16 Å². The number of benzene rings is 2. The lowest BCUT2D eigenvalue weighted by Gasteiger charge is -2.25. The molecule has 2 atom stereocenters. The highest BCUT2D eigenvalue weighted by Crippen LogP contribution is 2.26. The Hall–Kier alpha value is -3.35. The average Bonchev–Trinajstić information content (AvgIpc) is 3.21. The normalized spacial score (nSPS) is 17.9. The van der Waals surface area contributed by atoms with Crippen molar-refractivity contribution in [3.63, 3.8) is 0 Å². The van der Waals surface area contributed by atoms with Crippen LogP contribution in [0, 0.1) is 0 Å². The summed E-state index contributed by atoms with van der Waals surface area (Å²) in [6.07, 6.45) is 1.65. The van der Waals surface area contributed by atoms with Crippen LogP contribution in [0.25, 0.3) is 11.1 Å². The molecule has 0 heterocycles. The smallest absolute Gasteiger partial charge is 0.449 e. The van der Waals surface area contributed by atoms with Crippen molar-refractivity contribution in [3.8, 4) is 16.9 Å². The molecule has 7 heteroatoms. The lowest BCUT2D eigenvalue weighted by Crippen LogP contribution is -2.38. The van der Waals surface area contributed by atoms with Crippen LogP contribution in [0.3, 0.4) is 0 Å². The van der Waals surface area contributed by atoms with Gasteiger partial charge in [-0.3, -0.25) is 9.59 Å². The summed E-state index contributed by atoms with van der Waals surface area (Å²) >= 11 is 0. The van der Waals surface area contributed by atoms with Crippen LogP contribution < -0.4 is 10.1 Å². The first kappa shape index (κ1) is 21.4. The van der Waals surface area contributed by atoms with Crippen LogP contribution in [-0.2, 0) is 4.79 Å². The van der Waals surface area contributed by atoms with E-state index < -0.39 is 6.16 Å². The standard InChI is InChI=1S/C23H26N2O5/c1-3-21(26)24-18-10-11-19(14-18)25(2)22(27)17-6-4-15(5-7-17)16-8-12-20(13-9-16)30-23(28)29/h4-9,12-13,18-19H,3,10-11,14H2,1-2H3,(H,24,26)(H,28,29)/t18-,19+/m0/s1. The lowest BCUT2D eigenvalue weighted by molar-refractivity contribution is -0.121. The summed E-state index contributed by atoms with van der Waals surface area (Å²) in [7, 11) is 1.81. The van der Waals surface area contributed by atoms with E-state index in [4.69, 9.17) is 5.11 Å². The molecule has 0 radical (unpaired) electrons. The maximum atomic E-state index is 12.9. The van der Waals surface area contributed by atoms with E-state index in [-0.39, 0.29) is 29.6 Å². The topological polar surface area (TPSA) is 95.9 Å². The largest absolute Gasteiger partial charge is 0.511 e. The quantitative estimate of drug-likeness (QED) is 0.556. The minimum atomic E-state index is -1.35. The molecule has 1 aliphatic rings. The van der Waals surface area contributed by atoms with Crippen LogP contribution in [0.15, 0.2) is 48.5 Å². The Labute approximate surface area is 175 Å². The van der Waals surface area contributed by atoms with Crippen molar-refractivity contribution >= 4 is 18.0 Å². The number of rotatable bonds is 6. The van der Waals surface area contributed by atoms with Gasteiger partial charge in [0.15, 0.2) is 0 Å². The fourth-order valence-corrected chi connectivity index (χ4v) is 3.76. The number of amides is 2. The predicted octanol–water partition coefficient (Wildman–Crippen LogP) is 3.93. The molecule has 1 fully saturated rings. The van der Waals surface area contributed by atoms with Crippen LogP contribution in [-0.4, -0.2) is 47.1 Å². The SMILES string of the molecule is CCC(=O)N[C@H]1CC[C@@H](N(C)C(=O)c2ccc(-c3ccc(OC(=O)O)cc3)cc2)C1. The molecule has 158 valence electrons. The second-order valence-corrected chi connectivity index (χ2v) is 7.47. The number of ether oxygens (including phenoxy) is 1. The van der Waals surface area contributed by atoms with Crippen molar-refractivity contribution in [2.24, 2.45) is 0 Å². The number of nitrogens with one attached hydrogen (secondary N) is 1. The summed E-state index contributed by atoms with van der Waals surface area (Å²) in [6.45, 7) is 1.83. The fraction of sp³-hybridized carbons (Fsp3) is 0.348. The van der Waals surface area contributed by atoms with E-state index in [0.717, 1.165) is 30.4 Å². The monoisotopic (exact) mass is 410 g/mol. The second kappa shape index (κ2) is 9.43. The number of carbonyl (C=O) groups is 3. The third-order valence-electron chi connectivity index (χ3n) is 5.48. The third kappa shape index (κ3) is 5.17. The van der Waals surface area contributed by atoms with Crippen molar-refractivity contribution in [1.29, 1.82) is 0 Å². The Bertz CT molecular complexity index is 908. The summed E-state index contributed by atoms with van der Waals surface area (Å²) in [4.78, 5) is 36.8. The van der Waals surface area contributed by atoms with Crippen LogP contribution >= 0.6 is 0 Å². The molecule has 0 bridgehead atoms. The van der Waals surface area contributed by atoms with Gasteiger partial charge in [0.2, 0.25) is 5.91 Å². The Morgan fingerprint density at radius 1 is 1.03 bits per heavy atom. The van der Waals surface area contributed by atoms with Gasteiger partial charge in [-0.2, -0.15) is 0 Å². The first-order valence-corrected chi connectivity index (χ1v) is 10.0. The molecule has 30 heavy (non-hydrogen) atoms. The van der Waals surface area contributed by atoms with Crippen LogP contribution in [0.5, 0.6) is 5.75 Å². The number of hydrogen-bond acceptors (Lipinski definition) is 4. The van der Waals surface area contributed by atoms with Gasteiger partial charge in [-0.05, 0) is 54.7 Å². The van der Waals surface area contributed by atoms with Gasteiger partial charge in [0.1, 0.15) is 5.75 Å². The fourth-order valence-electron chi connectivity index (χ4n) is 3.76. The Morgan fingerprint density at radius 2 is 1.63 bits per heavy atom. The maximum absolute atomic E-state index is 12.9. The van der Waals surface area contributed by atoms with Gasteiger partial charge in [-0.15, -0.1) is 0 Å². The van der Waals surface area contributed by atoms with E-state index >= 15 is 0 Å². The highest BCUT2D eigenvalue weighted by atomic mass is 16.7. The third-order valence-corrected chi connectivity index (χ3v) is 5.48. The van der Waals surface area contributed by atoms with Crippen LogP contribution in [0.2, 0.25) is 0 Å². The van der Waals surface area contributed by atoms with E-state index in [0.29, 0.717) is 12.0 Å². The molecule has 0 saturated heterocycles. The minimum absolute atomic E-state index is 0.0424. The molecule has 7 nitrogen and oxygen atoms in total. The summed E-state index contributed by atoms with van der Waals surface area (Å²) < 4.78 is 4.61. The van der Waals surface area contributed by atoms with Gasteiger partial charge in [-0.1, -0.05) is 31.2 Å². The molecule has 2 amide bonds. The zero-order valence-corrected chi connectivity index (χ0v) is 17.1. The Morgan fingerprint density at radius 3 is 2.20 bits per heavy atom. The average molecular weight is 410 g/mol. The highest BCUT2D eigenvalue weighted by molar-refractivity contribution is 5.94. The van der Waals surface area contributed by atoms with Crippen LogP contribution in [0.1, 0.15) is 43.0 Å². The summed E-state index contributed by atoms with van der Waals surface area (Å²) in [6, 6.07) is 14.3. The number of carbonyl (C=O) groups excluding carboxylic acids is 2. The van der Waals surface area contributed by atoms with Crippen molar-refractivity contribution in [2.45, 2.75) is 44.7 Å². The molecule has 2 N–H and O–H groups in total. The van der Waals surface area contributed by atoms with Crippen molar-refractivity contribution in [1.82, 2.24) is 10.2 Å². The zero-order chi connectivity index (χ0) is 21.7. The molecule has 1 aliphatic carbocycles. The molecule has 0 aliphatic heterocycles. The molecule has 2 aromatic carbocycles. The molecular weight excluding hydrogens is 384 g/mol. The van der Waals surface area contributed by atoms with E-state index in [2.05, 4.69) is 10.1 Å². The number of nitrogens with zero attached hydrogens (tertiary/aromatic N) is 1. The molecule has 0 spiro atoms. The zero-order valence-electron chi connectivity index (χ0n) is 17.1. The maximum Gasteiger partial charge on any atom is 0.511 e. The summed E-state index contributed by atoms with van der Waals surface area (Å²) in [5.74, 6) is 0.261. The van der Waals surface area contributed by atoms with Crippen molar-refractivity contribution in [3.05, 3.63) is 54.1 Å². The summed E-state index contributed by atoms with van der Waals surface area (Å²) in [5.41, 5.74) is 2.41. The van der Waals surface area contributed by atoms with Gasteiger partial charge in [0, 0.05) is 31.1 Å². The molecule has 2 aromatic rings. The molecule has 1 saturated carbocycles. The first-order valence-electron chi connectivity index (χ1n) is 10.0. The first-order chi connectivity index (χ1) is 14.4. The summed E-state index contributed by atoms with van der Waals surface area (Å²) in [5, 5.41) is 11.7.